The van der Waals surface area contributed by atoms with Gasteiger partial charge in [0.15, 0.2) is 5.78 Å². The summed E-state index contributed by atoms with van der Waals surface area (Å²) in [6, 6.07) is 0. The standard InChI is InChI=1S/C21H30O3/c1-13(22)21(24)11-8-18-16-5-4-14-12-15(23)6-9-19(14,2)17(16)7-10-20(18,21)3/h4-5,15,17-18,23-24H,6-12H2,1-3H3/t15-,17-,18-,19-,20-,21+/m0/s1. The van der Waals surface area contributed by atoms with Gasteiger partial charge in [-0.2, -0.15) is 0 Å². The first-order valence-corrected chi connectivity index (χ1v) is 9.55. The van der Waals surface area contributed by atoms with Crippen LogP contribution in [0.1, 0.15) is 65.7 Å². The van der Waals surface area contributed by atoms with Gasteiger partial charge >= 0.3 is 0 Å². The summed E-state index contributed by atoms with van der Waals surface area (Å²) in [7, 11) is 0. The maximum absolute atomic E-state index is 12.2. The van der Waals surface area contributed by atoms with E-state index in [2.05, 4.69) is 26.0 Å². The minimum Gasteiger partial charge on any atom is -0.393 e. The summed E-state index contributed by atoms with van der Waals surface area (Å²) in [4.78, 5) is 12.2. The van der Waals surface area contributed by atoms with Crippen molar-refractivity contribution >= 4 is 5.78 Å². The first kappa shape index (κ1) is 16.5. The van der Waals surface area contributed by atoms with Gasteiger partial charge in [0.1, 0.15) is 5.60 Å². The Labute approximate surface area is 144 Å². The molecule has 0 saturated heterocycles. The Kier molecular flexibility index (Phi) is 3.48. The highest BCUT2D eigenvalue weighted by Gasteiger charge is 2.63. The van der Waals surface area contributed by atoms with Crippen LogP contribution in [0.3, 0.4) is 0 Å². The van der Waals surface area contributed by atoms with E-state index in [0.29, 0.717) is 18.3 Å². The summed E-state index contributed by atoms with van der Waals surface area (Å²) in [5, 5.41) is 21.2. The Balaban J connectivity index is 1.75. The Morgan fingerprint density at radius 1 is 1.08 bits per heavy atom. The molecule has 0 spiro atoms. The second kappa shape index (κ2) is 5.04. The Hall–Kier alpha value is -0.930. The molecule has 3 saturated carbocycles. The predicted octanol–water partition coefficient (Wildman–Crippen LogP) is 3.55. The molecule has 2 N–H and O–H groups in total. The van der Waals surface area contributed by atoms with Gasteiger partial charge in [0.05, 0.1) is 6.10 Å². The van der Waals surface area contributed by atoms with E-state index >= 15 is 0 Å². The normalized spacial score (nSPS) is 50.3. The molecule has 0 radical (unpaired) electrons. The van der Waals surface area contributed by atoms with E-state index in [1.807, 2.05) is 0 Å². The van der Waals surface area contributed by atoms with Crippen molar-refractivity contribution in [2.75, 3.05) is 0 Å². The van der Waals surface area contributed by atoms with Gasteiger partial charge in [0, 0.05) is 5.41 Å². The van der Waals surface area contributed by atoms with Gasteiger partial charge in [-0.25, -0.2) is 0 Å². The summed E-state index contributed by atoms with van der Waals surface area (Å²) >= 11 is 0. The molecular formula is C21H30O3. The molecule has 0 aromatic rings. The molecule has 0 amide bonds. The molecule has 132 valence electrons. The van der Waals surface area contributed by atoms with Crippen molar-refractivity contribution in [2.45, 2.75) is 77.4 Å². The van der Waals surface area contributed by atoms with Crippen molar-refractivity contribution in [2.24, 2.45) is 22.7 Å². The van der Waals surface area contributed by atoms with Crippen LogP contribution in [0.5, 0.6) is 0 Å². The van der Waals surface area contributed by atoms with Gasteiger partial charge in [-0.1, -0.05) is 37.1 Å². The lowest BCUT2D eigenvalue weighted by Gasteiger charge is -2.55. The fourth-order valence-corrected chi connectivity index (χ4v) is 6.58. The van der Waals surface area contributed by atoms with Crippen LogP contribution < -0.4 is 0 Å². The summed E-state index contributed by atoms with van der Waals surface area (Å²) < 4.78 is 0. The lowest BCUT2D eigenvalue weighted by molar-refractivity contribution is -0.150. The van der Waals surface area contributed by atoms with Gasteiger partial charge in [0.25, 0.3) is 0 Å². The Bertz CT molecular complexity index is 647. The lowest BCUT2D eigenvalue weighted by Crippen LogP contribution is -2.54. The summed E-state index contributed by atoms with van der Waals surface area (Å²) in [6.07, 6.45) is 10.5. The molecule has 4 aliphatic carbocycles. The van der Waals surface area contributed by atoms with Crippen molar-refractivity contribution in [3.8, 4) is 0 Å². The predicted molar refractivity (Wildman–Crippen MR) is 93.3 cm³/mol. The minimum absolute atomic E-state index is 0.0643. The highest BCUT2D eigenvalue weighted by molar-refractivity contribution is 5.86. The second-order valence-corrected chi connectivity index (χ2v) is 9.19. The number of aliphatic hydroxyl groups excluding tert-OH is 1. The van der Waals surface area contributed by atoms with Crippen molar-refractivity contribution in [3.63, 3.8) is 0 Å². The zero-order valence-corrected chi connectivity index (χ0v) is 15.1. The maximum Gasteiger partial charge on any atom is 0.161 e. The fourth-order valence-electron chi connectivity index (χ4n) is 6.58. The van der Waals surface area contributed by atoms with Crippen LogP contribution in [-0.2, 0) is 4.79 Å². The molecule has 0 heterocycles. The van der Waals surface area contributed by atoms with Crippen LogP contribution in [0, 0.1) is 22.7 Å². The van der Waals surface area contributed by atoms with E-state index in [-0.39, 0.29) is 22.7 Å². The number of carbonyl (C=O) groups excluding carboxylic acids is 1. The minimum atomic E-state index is -1.16. The summed E-state index contributed by atoms with van der Waals surface area (Å²) in [5.41, 5.74) is 1.54. The number of ketones is 1. The van der Waals surface area contributed by atoms with Gasteiger partial charge in [0.2, 0.25) is 0 Å². The quantitative estimate of drug-likeness (QED) is 0.773. The van der Waals surface area contributed by atoms with Crippen LogP contribution in [0.25, 0.3) is 0 Å². The summed E-state index contributed by atoms with van der Waals surface area (Å²) in [5.74, 6) is 0.759. The third kappa shape index (κ3) is 1.89. The molecule has 4 rings (SSSR count). The smallest absolute Gasteiger partial charge is 0.161 e. The molecule has 3 nitrogen and oxygen atoms in total. The molecule has 0 bridgehead atoms. The molecular weight excluding hydrogens is 300 g/mol. The number of rotatable bonds is 1. The molecule has 6 atom stereocenters. The number of carbonyl (C=O) groups is 1. The van der Waals surface area contributed by atoms with Crippen LogP contribution in [0.2, 0.25) is 0 Å². The topological polar surface area (TPSA) is 57.5 Å². The van der Waals surface area contributed by atoms with Crippen molar-refractivity contribution in [1.29, 1.82) is 0 Å². The van der Waals surface area contributed by atoms with E-state index < -0.39 is 5.60 Å². The van der Waals surface area contributed by atoms with E-state index in [1.165, 1.54) is 11.1 Å². The number of hydrogen-bond acceptors (Lipinski definition) is 3. The first-order chi connectivity index (χ1) is 11.2. The van der Waals surface area contributed by atoms with Crippen molar-refractivity contribution in [3.05, 3.63) is 23.3 Å². The molecule has 0 aromatic carbocycles. The molecule has 4 aliphatic rings. The highest BCUT2D eigenvalue weighted by atomic mass is 16.3. The number of fused-ring (bicyclic) bond motifs is 5. The Morgan fingerprint density at radius 3 is 2.50 bits per heavy atom. The summed E-state index contributed by atoms with van der Waals surface area (Å²) in [6.45, 7) is 6.06. The largest absolute Gasteiger partial charge is 0.393 e. The zero-order chi connectivity index (χ0) is 17.3. The van der Waals surface area contributed by atoms with Crippen molar-refractivity contribution in [1.82, 2.24) is 0 Å². The van der Waals surface area contributed by atoms with E-state index in [0.717, 1.165) is 38.5 Å². The third-order valence-electron chi connectivity index (χ3n) is 8.28. The zero-order valence-electron chi connectivity index (χ0n) is 15.1. The molecule has 24 heavy (non-hydrogen) atoms. The molecule has 3 heteroatoms. The average Bonchev–Trinajstić information content (AvgIpc) is 2.81. The van der Waals surface area contributed by atoms with Crippen LogP contribution >= 0.6 is 0 Å². The third-order valence-corrected chi connectivity index (χ3v) is 8.28. The molecule has 3 fully saturated rings. The van der Waals surface area contributed by atoms with Gasteiger partial charge in [-0.3, -0.25) is 4.79 Å². The number of allylic oxidation sites excluding steroid dienone is 3. The first-order valence-electron chi connectivity index (χ1n) is 9.55. The fraction of sp³-hybridized carbons (Fsp3) is 0.762. The van der Waals surface area contributed by atoms with E-state index in [1.54, 1.807) is 6.92 Å². The molecule has 0 unspecified atom stereocenters. The van der Waals surface area contributed by atoms with Gasteiger partial charge in [-0.15, -0.1) is 0 Å². The second-order valence-electron chi connectivity index (χ2n) is 9.19. The van der Waals surface area contributed by atoms with Crippen LogP contribution in [0.4, 0.5) is 0 Å². The maximum atomic E-state index is 12.2. The van der Waals surface area contributed by atoms with E-state index in [4.69, 9.17) is 0 Å². The van der Waals surface area contributed by atoms with Gasteiger partial charge in [-0.05, 0) is 69.1 Å². The highest BCUT2D eigenvalue weighted by Crippen LogP contribution is 2.65. The molecule has 0 aromatic heterocycles. The van der Waals surface area contributed by atoms with Gasteiger partial charge < -0.3 is 10.2 Å². The lowest BCUT2D eigenvalue weighted by atomic mass is 9.50. The SMILES string of the molecule is CC(=O)[C@]1(O)CC[C@H]2C3=CC=C4C[C@@H](O)CC[C@]4(C)[C@H]3CC[C@@]21C. The van der Waals surface area contributed by atoms with E-state index in [9.17, 15) is 15.0 Å². The number of aliphatic hydroxyl groups is 2. The van der Waals surface area contributed by atoms with Crippen LogP contribution in [0.15, 0.2) is 23.3 Å². The Morgan fingerprint density at radius 2 is 1.79 bits per heavy atom. The number of hydrogen-bond donors (Lipinski definition) is 2. The monoisotopic (exact) mass is 330 g/mol. The average molecular weight is 330 g/mol. The van der Waals surface area contributed by atoms with Crippen molar-refractivity contribution < 1.29 is 15.0 Å². The molecule has 0 aliphatic heterocycles. The number of Topliss-reactive ketones (excluding diaryl/α,β-unsaturated/α-hetero) is 1. The van der Waals surface area contributed by atoms with Crippen LogP contribution in [-0.4, -0.2) is 27.7 Å².